The van der Waals surface area contributed by atoms with Crippen LogP contribution in [0.4, 0.5) is 8.78 Å². The van der Waals surface area contributed by atoms with Gasteiger partial charge in [0.2, 0.25) is 10.0 Å². The Morgan fingerprint density at radius 2 is 1.95 bits per heavy atom. The third-order valence-corrected chi connectivity index (χ3v) is 5.78. The molecule has 1 heterocycles. The SMILES string of the molecule is CC1(C(=O)O)CCCCN1S(=O)(=O)c1ccc(F)c(F)c1. The number of halogens is 2. The van der Waals surface area contributed by atoms with Gasteiger partial charge in [0.1, 0.15) is 5.54 Å². The molecule has 116 valence electrons. The van der Waals surface area contributed by atoms with Crippen LogP contribution in [0.5, 0.6) is 0 Å². The van der Waals surface area contributed by atoms with Gasteiger partial charge in [0.05, 0.1) is 4.90 Å². The molecule has 0 aromatic heterocycles. The van der Waals surface area contributed by atoms with Crippen LogP contribution >= 0.6 is 0 Å². The predicted octanol–water partition coefficient (Wildman–Crippen LogP) is 1.98. The summed E-state index contributed by atoms with van der Waals surface area (Å²) >= 11 is 0. The van der Waals surface area contributed by atoms with Crippen molar-refractivity contribution in [2.45, 2.75) is 36.6 Å². The topological polar surface area (TPSA) is 74.7 Å². The van der Waals surface area contributed by atoms with Gasteiger partial charge < -0.3 is 5.11 Å². The smallest absolute Gasteiger partial charge is 0.324 e. The van der Waals surface area contributed by atoms with Crippen LogP contribution in [0, 0.1) is 11.6 Å². The summed E-state index contributed by atoms with van der Waals surface area (Å²) in [5.41, 5.74) is -1.58. The van der Waals surface area contributed by atoms with E-state index in [-0.39, 0.29) is 13.0 Å². The molecule has 0 aliphatic carbocycles. The summed E-state index contributed by atoms with van der Waals surface area (Å²) in [6, 6.07) is 2.22. The number of benzene rings is 1. The van der Waals surface area contributed by atoms with Crippen LogP contribution in [0.25, 0.3) is 0 Å². The highest BCUT2D eigenvalue weighted by Gasteiger charge is 2.47. The van der Waals surface area contributed by atoms with Gasteiger partial charge in [-0.05, 0) is 44.4 Å². The number of hydrogen-bond donors (Lipinski definition) is 1. The van der Waals surface area contributed by atoms with Crippen LogP contribution in [-0.2, 0) is 14.8 Å². The third-order valence-electron chi connectivity index (χ3n) is 3.77. The second-order valence-corrected chi connectivity index (χ2v) is 7.05. The molecule has 1 saturated heterocycles. The average Bonchev–Trinajstić information content (AvgIpc) is 2.41. The van der Waals surface area contributed by atoms with Gasteiger partial charge >= 0.3 is 5.97 Å². The van der Waals surface area contributed by atoms with Gasteiger partial charge in [-0.3, -0.25) is 4.79 Å². The van der Waals surface area contributed by atoms with Crippen LogP contribution in [-0.4, -0.2) is 35.9 Å². The Bertz CT molecular complexity index is 677. The van der Waals surface area contributed by atoms with E-state index in [1.54, 1.807) is 0 Å². The molecule has 0 spiro atoms. The molecule has 1 fully saturated rings. The van der Waals surface area contributed by atoms with Crippen molar-refractivity contribution in [1.29, 1.82) is 0 Å². The molecule has 2 rings (SSSR count). The van der Waals surface area contributed by atoms with Gasteiger partial charge in [-0.1, -0.05) is 0 Å². The van der Waals surface area contributed by atoms with E-state index < -0.39 is 38.1 Å². The summed E-state index contributed by atoms with van der Waals surface area (Å²) in [5.74, 6) is -3.70. The number of piperidine rings is 1. The zero-order valence-corrected chi connectivity index (χ0v) is 12.2. The molecule has 1 aliphatic heterocycles. The van der Waals surface area contributed by atoms with Gasteiger partial charge in [0.15, 0.2) is 11.6 Å². The minimum Gasteiger partial charge on any atom is -0.480 e. The molecule has 1 atom stereocenters. The van der Waals surface area contributed by atoms with Crippen molar-refractivity contribution < 1.29 is 27.1 Å². The Morgan fingerprint density at radius 1 is 1.29 bits per heavy atom. The summed E-state index contributed by atoms with van der Waals surface area (Å²) in [7, 11) is -4.21. The molecule has 1 aliphatic rings. The Morgan fingerprint density at radius 3 is 2.52 bits per heavy atom. The van der Waals surface area contributed by atoms with Gasteiger partial charge in [-0.25, -0.2) is 17.2 Å². The molecular weight excluding hydrogens is 304 g/mol. The Hall–Kier alpha value is -1.54. The highest BCUT2D eigenvalue weighted by molar-refractivity contribution is 7.89. The van der Waals surface area contributed by atoms with Gasteiger partial charge in [-0.15, -0.1) is 0 Å². The van der Waals surface area contributed by atoms with Crippen molar-refractivity contribution in [1.82, 2.24) is 4.31 Å². The van der Waals surface area contributed by atoms with E-state index >= 15 is 0 Å². The number of aliphatic carboxylic acids is 1. The third kappa shape index (κ3) is 2.65. The van der Waals surface area contributed by atoms with E-state index in [1.165, 1.54) is 6.92 Å². The van der Waals surface area contributed by atoms with Crippen molar-refractivity contribution in [2.24, 2.45) is 0 Å². The minimum absolute atomic E-state index is 0.0319. The second kappa shape index (κ2) is 5.34. The summed E-state index contributed by atoms with van der Waals surface area (Å²) in [6.07, 6.45) is 1.28. The standard InChI is InChI=1S/C13H15F2NO4S/c1-13(12(17)18)6-2-3-7-16(13)21(19,20)9-4-5-10(14)11(15)8-9/h4-5,8H,2-3,6-7H2,1H3,(H,17,18). The minimum atomic E-state index is -4.21. The van der Waals surface area contributed by atoms with Crippen molar-refractivity contribution in [3.63, 3.8) is 0 Å². The molecule has 0 bridgehead atoms. The van der Waals surface area contributed by atoms with Crippen molar-refractivity contribution in [3.05, 3.63) is 29.8 Å². The van der Waals surface area contributed by atoms with E-state index in [9.17, 15) is 27.1 Å². The van der Waals surface area contributed by atoms with Crippen LogP contribution in [0.1, 0.15) is 26.2 Å². The second-order valence-electron chi connectivity index (χ2n) is 5.19. The highest BCUT2D eigenvalue weighted by Crippen LogP contribution is 2.33. The average molecular weight is 319 g/mol. The fraction of sp³-hybridized carbons (Fsp3) is 0.462. The first-order valence-electron chi connectivity index (χ1n) is 6.41. The van der Waals surface area contributed by atoms with E-state index in [4.69, 9.17) is 0 Å². The lowest BCUT2D eigenvalue weighted by atomic mass is 9.91. The van der Waals surface area contributed by atoms with E-state index in [0.717, 1.165) is 10.4 Å². The van der Waals surface area contributed by atoms with Crippen molar-refractivity contribution in [2.75, 3.05) is 6.54 Å². The first-order chi connectivity index (χ1) is 9.69. The largest absolute Gasteiger partial charge is 0.480 e. The predicted molar refractivity (Wildman–Crippen MR) is 70.1 cm³/mol. The zero-order valence-electron chi connectivity index (χ0n) is 11.3. The highest BCUT2D eigenvalue weighted by atomic mass is 32.2. The van der Waals surface area contributed by atoms with Gasteiger partial charge in [-0.2, -0.15) is 4.31 Å². The van der Waals surface area contributed by atoms with Gasteiger partial charge in [0, 0.05) is 6.54 Å². The number of carbonyl (C=O) groups is 1. The molecule has 1 aromatic carbocycles. The molecule has 21 heavy (non-hydrogen) atoms. The number of sulfonamides is 1. The lowest BCUT2D eigenvalue weighted by molar-refractivity contribution is -0.149. The van der Waals surface area contributed by atoms with Crippen molar-refractivity contribution >= 4 is 16.0 Å². The van der Waals surface area contributed by atoms with E-state index in [2.05, 4.69) is 0 Å². The molecule has 0 saturated carbocycles. The summed E-state index contributed by atoms with van der Waals surface area (Å²) < 4.78 is 52.1. The summed E-state index contributed by atoms with van der Waals surface area (Å²) in [4.78, 5) is 11.0. The number of carboxylic acids is 1. The zero-order chi connectivity index (χ0) is 15.8. The Labute approximate surface area is 121 Å². The lowest BCUT2D eigenvalue weighted by Crippen LogP contribution is -2.57. The molecular formula is C13H15F2NO4S. The van der Waals surface area contributed by atoms with Crippen LogP contribution < -0.4 is 0 Å². The maximum atomic E-state index is 13.3. The fourth-order valence-electron chi connectivity index (χ4n) is 2.46. The lowest BCUT2D eigenvalue weighted by Gasteiger charge is -2.40. The first kappa shape index (κ1) is 15.8. The monoisotopic (exact) mass is 319 g/mol. The number of nitrogens with zero attached hydrogens (tertiary/aromatic N) is 1. The molecule has 5 nitrogen and oxygen atoms in total. The quantitative estimate of drug-likeness (QED) is 0.924. The molecule has 8 heteroatoms. The number of rotatable bonds is 3. The molecule has 0 radical (unpaired) electrons. The summed E-state index contributed by atoms with van der Waals surface area (Å²) in [5, 5.41) is 9.34. The Kier molecular flexibility index (Phi) is 4.03. The maximum Gasteiger partial charge on any atom is 0.324 e. The summed E-state index contributed by atoms with van der Waals surface area (Å²) in [6.45, 7) is 1.36. The van der Waals surface area contributed by atoms with Crippen LogP contribution in [0.3, 0.4) is 0 Å². The number of hydrogen-bond acceptors (Lipinski definition) is 3. The van der Waals surface area contributed by atoms with E-state index in [1.807, 2.05) is 0 Å². The first-order valence-corrected chi connectivity index (χ1v) is 7.85. The molecule has 1 aromatic rings. The van der Waals surface area contributed by atoms with Crippen molar-refractivity contribution in [3.8, 4) is 0 Å². The molecule has 1 unspecified atom stereocenters. The van der Waals surface area contributed by atoms with Crippen LogP contribution in [0.2, 0.25) is 0 Å². The molecule has 0 amide bonds. The number of carboxylic acid groups (broad SMARTS) is 1. The fourth-order valence-corrected chi connectivity index (χ4v) is 4.28. The Balaban J connectivity index is 2.50. The maximum absolute atomic E-state index is 13.3. The van der Waals surface area contributed by atoms with Gasteiger partial charge in [0.25, 0.3) is 0 Å². The van der Waals surface area contributed by atoms with E-state index in [0.29, 0.717) is 25.0 Å². The van der Waals surface area contributed by atoms with Crippen LogP contribution in [0.15, 0.2) is 23.1 Å². The normalized spacial score (nSPS) is 24.0. The molecule has 1 N–H and O–H groups in total.